The van der Waals surface area contributed by atoms with E-state index in [1.807, 2.05) is 30.3 Å². The Labute approximate surface area is 107 Å². The average molecular weight is 249 g/mol. The van der Waals surface area contributed by atoms with Crippen molar-refractivity contribution in [2.45, 2.75) is 12.8 Å². The minimum Gasteiger partial charge on any atom is -0.369 e. The van der Waals surface area contributed by atoms with E-state index in [1.165, 1.54) is 0 Å². The van der Waals surface area contributed by atoms with Crippen LogP contribution in [0, 0.1) is 0 Å². The van der Waals surface area contributed by atoms with Gasteiger partial charge in [-0.15, -0.1) is 0 Å². The number of rotatable bonds is 7. The van der Waals surface area contributed by atoms with Gasteiger partial charge in [-0.2, -0.15) is 0 Å². The van der Waals surface area contributed by atoms with Crippen LogP contribution in [0.15, 0.2) is 30.3 Å². The molecule has 4 N–H and O–H groups in total. The van der Waals surface area contributed by atoms with Gasteiger partial charge in [-0.1, -0.05) is 30.3 Å². The van der Waals surface area contributed by atoms with Gasteiger partial charge in [-0.25, -0.2) is 0 Å². The summed E-state index contributed by atoms with van der Waals surface area (Å²) in [4.78, 5) is 24.1. The number of nitrogens with two attached hydrogens (primary N) is 2. The number of hydrogen-bond acceptors (Lipinski definition) is 3. The molecule has 0 spiro atoms. The second-order valence-electron chi connectivity index (χ2n) is 4.05. The van der Waals surface area contributed by atoms with E-state index in [0.717, 1.165) is 12.0 Å². The van der Waals surface area contributed by atoms with Crippen molar-refractivity contribution < 1.29 is 9.59 Å². The summed E-state index contributed by atoms with van der Waals surface area (Å²) < 4.78 is 0. The number of primary amides is 1. The van der Waals surface area contributed by atoms with Crippen LogP contribution >= 0.6 is 0 Å². The summed E-state index contributed by atoms with van der Waals surface area (Å²) in [6.45, 7) is 1.37. The molecular weight excluding hydrogens is 230 g/mol. The molecule has 2 amide bonds. The van der Waals surface area contributed by atoms with Crippen LogP contribution in [0.25, 0.3) is 0 Å². The third-order valence-electron chi connectivity index (χ3n) is 2.59. The van der Waals surface area contributed by atoms with Crippen LogP contribution in [0.2, 0.25) is 0 Å². The Bertz CT molecular complexity index is 392. The molecule has 1 rings (SSSR count). The highest BCUT2D eigenvalue weighted by atomic mass is 16.2. The highest BCUT2D eigenvalue weighted by molar-refractivity contribution is 5.96. The Kier molecular flexibility index (Phi) is 5.87. The molecule has 1 aromatic carbocycles. The zero-order valence-electron chi connectivity index (χ0n) is 10.3. The number of hydrogen-bond donors (Lipinski definition) is 2. The summed E-state index contributed by atoms with van der Waals surface area (Å²) in [6.07, 6.45) is 0.486. The number of amides is 2. The van der Waals surface area contributed by atoms with Gasteiger partial charge in [0, 0.05) is 19.6 Å². The second kappa shape index (κ2) is 7.45. The maximum Gasteiger partial charge on any atom is 0.232 e. The standard InChI is InChI=1S/C13H19N3O2/c14-7-9-16(13(18)10-12(15)17)8-6-11-4-2-1-3-5-11/h1-5H,6-10,14H2,(H2,15,17). The van der Waals surface area contributed by atoms with E-state index in [2.05, 4.69) is 0 Å². The monoisotopic (exact) mass is 249 g/mol. The normalized spacial score (nSPS) is 10.1. The third kappa shape index (κ3) is 4.97. The van der Waals surface area contributed by atoms with E-state index in [1.54, 1.807) is 4.90 Å². The first-order chi connectivity index (χ1) is 8.63. The van der Waals surface area contributed by atoms with Crippen molar-refractivity contribution in [1.29, 1.82) is 0 Å². The van der Waals surface area contributed by atoms with E-state index in [4.69, 9.17) is 11.5 Å². The van der Waals surface area contributed by atoms with E-state index in [-0.39, 0.29) is 12.3 Å². The zero-order chi connectivity index (χ0) is 13.4. The molecule has 0 aliphatic rings. The van der Waals surface area contributed by atoms with Gasteiger partial charge in [-0.3, -0.25) is 9.59 Å². The predicted octanol–water partition coefficient (Wildman–Crippen LogP) is -0.108. The van der Waals surface area contributed by atoms with Crippen molar-refractivity contribution in [2.24, 2.45) is 11.5 Å². The molecular formula is C13H19N3O2. The summed E-state index contributed by atoms with van der Waals surface area (Å²) in [5.41, 5.74) is 11.6. The summed E-state index contributed by atoms with van der Waals surface area (Å²) in [5.74, 6) is -0.870. The fraction of sp³-hybridized carbons (Fsp3) is 0.385. The van der Waals surface area contributed by atoms with Crippen molar-refractivity contribution in [3.05, 3.63) is 35.9 Å². The largest absolute Gasteiger partial charge is 0.369 e. The van der Waals surface area contributed by atoms with Crippen molar-refractivity contribution in [3.63, 3.8) is 0 Å². The first kappa shape index (κ1) is 14.2. The van der Waals surface area contributed by atoms with Gasteiger partial charge in [0.05, 0.1) is 0 Å². The maximum atomic E-state index is 11.7. The van der Waals surface area contributed by atoms with E-state index >= 15 is 0 Å². The topological polar surface area (TPSA) is 89.4 Å². The predicted molar refractivity (Wildman–Crippen MR) is 69.6 cm³/mol. The van der Waals surface area contributed by atoms with Gasteiger partial charge in [0.15, 0.2) is 0 Å². The fourth-order valence-corrected chi connectivity index (χ4v) is 1.69. The summed E-state index contributed by atoms with van der Waals surface area (Å²) in [6, 6.07) is 9.85. The van der Waals surface area contributed by atoms with Crippen LogP contribution in [-0.2, 0) is 16.0 Å². The Morgan fingerprint density at radius 3 is 2.33 bits per heavy atom. The summed E-state index contributed by atoms with van der Waals surface area (Å²) in [5, 5.41) is 0. The molecule has 0 saturated heterocycles. The SMILES string of the molecule is NCCN(CCc1ccccc1)C(=O)CC(N)=O. The smallest absolute Gasteiger partial charge is 0.232 e. The molecule has 0 fully saturated rings. The van der Waals surface area contributed by atoms with Gasteiger partial charge in [0.2, 0.25) is 11.8 Å². The fourth-order valence-electron chi connectivity index (χ4n) is 1.69. The number of nitrogens with zero attached hydrogens (tertiary/aromatic N) is 1. The molecule has 5 heteroatoms. The maximum absolute atomic E-state index is 11.7. The molecule has 5 nitrogen and oxygen atoms in total. The highest BCUT2D eigenvalue weighted by Crippen LogP contribution is 2.02. The molecule has 1 aromatic rings. The summed E-state index contributed by atoms with van der Waals surface area (Å²) in [7, 11) is 0. The molecule has 98 valence electrons. The molecule has 0 atom stereocenters. The Morgan fingerprint density at radius 1 is 1.11 bits per heavy atom. The summed E-state index contributed by atoms with van der Waals surface area (Å²) >= 11 is 0. The lowest BCUT2D eigenvalue weighted by Gasteiger charge is -2.21. The average Bonchev–Trinajstić information content (AvgIpc) is 2.34. The second-order valence-corrected chi connectivity index (χ2v) is 4.05. The van der Waals surface area contributed by atoms with Crippen molar-refractivity contribution in [3.8, 4) is 0 Å². The number of carbonyl (C=O) groups excluding carboxylic acids is 2. The number of carbonyl (C=O) groups is 2. The highest BCUT2D eigenvalue weighted by Gasteiger charge is 2.14. The quantitative estimate of drug-likeness (QED) is 0.661. The molecule has 0 bridgehead atoms. The lowest BCUT2D eigenvalue weighted by Crippen LogP contribution is -2.38. The molecule has 0 aliphatic carbocycles. The first-order valence-corrected chi connectivity index (χ1v) is 5.93. The lowest BCUT2D eigenvalue weighted by molar-refractivity contribution is -0.135. The molecule has 0 aromatic heterocycles. The Hall–Kier alpha value is -1.88. The first-order valence-electron chi connectivity index (χ1n) is 5.93. The van der Waals surface area contributed by atoms with Gasteiger partial charge in [0.1, 0.15) is 6.42 Å². The van der Waals surface area contributed by atoms with Crippen LogP contribution in [0.4, 0.5) is 0 Å². The molecule has 0 heterocycles. The van der Waals surface area contributed by atoms with Crippen LogP contribution in [0.1, 0.15) is 12.0 Å². The van der Waals surface area contributed by atoms with Crippen molar-refractivity contribution >= 4 is 11.8 Å². The molecule has 0 unspecified atom stereocenters. The van der Waals surface area contributed by atoms with Gasteiger partial charge < -0.3 is 16.4 Å². The van der Waals surface area contributed by atoms with Gasteiger partial charge in [-0.05, 0) is 12.0 Å². The van der Waals surface area contributed by atoms with E-state index in [0.29, 0.717) is 19.6 Å². The van der Waals surface area contributed by atoms with E-state index in [9.17, 15) is 9.59 Å². The van der Waals surface area contributed by atoms with Gasteiger partial charge in [0.25, 0.3) is 0 Å². The van der Waals surface area contributed by atoms with Gasteiger partial charge >= 0.3 is 0 Å². The Morgan fingerprint density at radius 2 is 1.78 bits per heavy atom. The molecule has 0 radical (unpaired) electrons. The van der Waals surface area contributed by atoms with Crippen LogP contribution in [0.3, 0.4) is 0 Å². The Balaban J connectivity index is 2.52. The third-order valence-corrected chi connectivity index (χ3v) is 2.59. The van der Waals surface area contributed by atoms with Crippen LogP contribution in [0.5, 0.6) is 0 Å². The van der Waals surface area contributed by atoms with Crippen LogP contribution < -0.4 is 11.5 Å². The van der Waals surface area contributed by atoms with E-state index < -0.39 is 5.91 Å². The zero-order valence-corrected chi connectivity index (χ0v) is 10.3. The van der Waals surface area contributed by atoms with Crippen molar-refractivity contribution in [1.82, 2.24) is 4.90 Å². The van der Waals surface area contributed by atoms with Crippen molar-refractivity contribution in [2.75, 3.05) is 19.6 Å². The molecule has 0 saturated carbocycles. The molecule has 0 aliphatic heterocycles. The minimum absolute atomic E-state index is 0.255. The number of benzene rings is 1. The van der Waals surface area contributed by atoms with Crippen LogP contribution in [-0.4, -0.2) is 36.3 Å². The molecule has 18 heavy (non-hydrogen) atoms. The minimum atomic E-state index is -0.610. The lowest BCUT2D eigenvalue weighted by atomic mass is 10.1.